The predicted octanol–water partition coefficient (Wildman–Crippen LogP) is 5.63. The summed E-state index contributed by atoms with van der Waals surface area (Å²) in [5, 5.41) is 20.2. The molecule has 6 nitrogen and oxygen atoms in total. The third-order valence-corrected chi connectivity index (χ3v) is 9.89. The first-order chi connectivity index (χ1) is 19.6. The Morgan fingerprint density at radius 2 is 1.12 bits per heavy atom. The molecule has 0 radical (unpaired) electrons. The average Bonchev–Trinajstić information content (AvgIpc) is 3.01. The smallest absolute Gasteiger partial charge is 0.278 e. The maximum absolute atomic E-state index is 13.0. The number of carbonyl (C=O) groups excluding carboxylic acids is 1. The first kappa shape index (κ1) is 26.7. The molecule has 7 heteroatoms. The molecule has 1 N–H and O–H groups in total. The van der Waals surface area contributed by atoms with Crippen molar-refractivity contribution < 1.29 is 9.90 Å². The van der Waals surface area contributed by atoms with Gasteiger partial charge in [0.2, 0.25) is 0 Å². The van der Waals surface area contributed by atoms with Crippen molar-refractivity contribution in [3.63, 3.8) is 0 Å². The standard InChI is InChI=1S/C33H27N4O2P/c1-25-21-23-26(24-22-25)32(38)34-33(39)30-19-11-12-20-31(30)35-36-37-40(27-13-5-2-6-14-27,28-15-7-3-8-16-28)29-17-9-4-10-18-29/h2-24H,1H3,(H-,34,35,37,38,39). The second kappa shape index (κ2) is 12.3. The minimum Gasteiger partial charge on any atom is -0.858 e. The second-order valence-corrected chi connectivity index (χ2v) is 12.1. The summed E-state index contributed by atoms with van der Waals surface area (Å²) in [5.41, 5.74) is 4.98. The van der Waals surface area contributed by atoms with E-state index in [1.165, 1.54) is 0 Å². The van der Waals surface area contributed by atoms with Gasteiger partial charge in [-0.15, -0.1) is 0 Å². The normalized spacial score (nSPS) is 11.9. The van der Waals surface area contributed by atoms with Gasteiger partial charge in [-0.2, -0.15) is 0 Å². The summed E-state index contributed by atoms with van der Waals surface area (Å²) in [7, 11) is -2.56. The Hall–Kier alpha value is -4.93. The fourth-order valence-corrected chi connectivity index (χ4v) is 7.55. The number of nitrogens with zero attached hydrogens (tertiary/aromatic N) is 3. The van der Waals surface area contributed by atoms with Crippen molar-refractivity contribution in [3.05, 3.63) is 156 Å². The number of aliphatic imine (C=N–C) groups is 1. The number of para-hydroxylation sites is 1. The van der Waals surface area contributed by atoms with E-state index in [1.807, 2.05) is 73.7 Å². The van der Waals surface area contributed by atoms with Crippen molar-refractivity contribution in [2.24, 2.45) is 15.1 Å². The number of hydrogen-bond acceptors (Lipinski definition) is 4. The lowest BCUT2D eigenvalue weighted by atomic mass is 10.1. The van der Waals surface area contributed by atoms with E-state index in [9.17, 15) is 9.90 Å². The topological polar surface area (TPSA) is 89.2 Å². The van der Waals surface area contributed by atoms with Crippen molar-refractivity contribution in [2.75, 3.05) is 5.43 Å². The van der Waals surface area contributed by atoms with Gasteiger partial charge in [0.25, 0.3) is 13.3 Å². The molecule has 40 heavy (non-hydrogen) atoms. The highest BCUT2D eigenvalue weighted by Gasteiger charge is 2.47. The third-order valence-electron chi connectivity index (χ3n) is 6.40. The summed E-state index contributed by atoms with van der Waals surface area (Å²) in [6, 6.07) is 44.1. The molecule has 1 amide bonds. The minimum atomic E-state index is -2.56. The fourth-order valence-electron chi connectivity index (χ4n) is 4.36. The predicted molar refractivity (Wildman–Crippen MR) is 162 cm³/mol. The summed E-state index contributed by atoms with van der Waals surface area (Å²) < 4.78 is 0. The Morgan fingerprint density at radius 3 is 1.65 bits per heavy atom. The van der Waals surface area contributed by atoms with Crippen LogP contribution in [0.15, 0.2) is 155 Å². The maximum atomic E-state index is 13.0. The summed E-state index contributed by atoms with van der Waals surface area (Å²) in [5.74, 6) is -1.25. The zero-order chi connectivity index (χ0) is 27.8. The molecular formula is C33H27N4O2P. The molecule has 5 aromatic carbocycles. The van der Waals surface area contributed by atoms with Crippen LogP contribution in [0.25, 0.3) is 0 Å². The summed E-state index contributed by atoms with van der Waals surface area (Å²) in [6.07, 6.45) is 0. The number of aryl methyl sites for hydroxylation is 1. The Balaban J connectivity index is 1.53. The van der Waals surface area contributed by atoms with Crippen molar-refractivity contribution >= 4 is 40.8 Å². The van der Waals surface area contributed by atoms with Crippen LogP contribution < -0.4 is 26.4 Å². The number of nitrogens with one attached hydrogen (secondary N) is 1. The van der Waals surface area contributed by atoms with Crippen LogP contribution in [0.4, 0.5) is 5.69 Å². The average molecular weight is 543 g/mol. The molecule has 0 aromatic heterocycles. The molecule has 0 heterocycles. The van der Waals surface area contributed by atoms with Crippen LogP contribution in [-0.4, -0.2) is 11.8 Å². The first-order valence-electron chi connectivity index (χ1n) is 12.8. The van der Waals surface area contributed by atoms with E-state index in [0.717, 1.165) is 21.5 Å². The van der Waals surface area contributed by atoms with Crippen molar-refractivity contribution in [1.29, 1.82) is 0 Å². The Morgan fingerprint density at radius 1 is 0.650 bits per heavy atom. The zero-order valence-corrected chi connectivity index (χ0v) is 22.8. The molecule has 196 valence electrons. The molecule has 5 aromatic rings. The van der Waals surface area contributed by atoms with E-state index in [0.29, 0.717) is 11.3 Å². The van der Waals surface area contributed by atoms with Gasteiger partial charge in [-0.1, -0.05) is 96.6 Å². The highest BCUT2D eigenvalue weighted by Crippen LogP contribution is 2.57. The van der Waals surface area contributed by atoms with Gasteiger partial charge in [0.05, 0.1) is 11.3 Å². The van der Waals surface area contributed by atoms with Crippen LogP contribution in [0.3, 0.4) is 0 Å². The van der Waals surface area contributed by atoms with Gasteiger partial charge >= 0.3 is 0 Å². The van der Waals surface area contributed by atoms with Gasteiger partial charge in [0, 0.05) is 4.88 Å². The first-order valence-corrected chi connectivity index (χ1v) is 14.5. The van der Waals surface area contributed by atoms with Crippen LogP contribution in [0.2, 0.25) is 0 Å². The van der Waals surface area contributed by atoms with Gasteiger partial charge in [-0.05, 0) is 72.1 Å². The van der Waals surface area contributed by atoms with Gasteiger partial charge in [0.1, 0.15) is 15.9 Å². The number of hydrogen-bond donors (Lipinski definition) is 1. The van der Waals surface area contributed by atoms with Crippen molar-refractivity contribution in [2.45, 2.75) is 6.92 Å². The quantitative estimate of drug-likeness (QED) is 0.0906. The maximum Gasteiger partial charge on any atom is 0.278 e. The third kappa shape index (κ3) is 5.73. The molecule has 0 unspecified atom stereocenters. The van der Waals surface area contributed by atoms with E-state index in [-0.39, 0.29) is 5.56 Å². The van der Waals surface area contributed by atoms with Crippen molar-refractivity contribution in [1.82, 2.24) is 0 Å². The van der Waals surface area contributed by atoms with Crippen molar-refractivity contribution in [3.8, 4) is 0 Å². The molecule has 0 aliphatic carbocycles. The van der Waals surface area contributed by atoms with E-state index in [4.69, 9.17) is 4.88 Å². The number of benzene rings is 5. The highest BCUT2D eigenvalue weighted by atomic mass is 31.2. The van der Waals surface area contributed by atoms with Gasteiger partial charge in [0.15, 0.2) is 0 Å². The Labute approximate surface area is 234 Å². The molecule has 0 saturated carbocycles. The van der Waals surface area contributed by atoms with E-state index < -0.39 is 19.2 Å². The van der Waals surface area contributed by atoms with Crippen LogP contribution in [0.1, 0.15) is 21.5 Å². The van der Waals surface area contributed by atoms with E-state index in [2.05, 4.69) is 52.0 Å². The second-order valence-electron chi connectivity index (χ2n) is 9.08. The van der Waals surface area contributed by atoms with E-state index >= 15 is 0 Å². The largest absolute Gasteiger partial charge is 0.858 e. The van der Waals surface area contributed by atoms with E-state index in [1.54, 1.807) is 36.4 Å². The molecule has 0 bridgehead atoms. The molecular weight excluding hydrogens is 515 g/mol. The SMILES string of the molecule is Cc1ccc(C([O-])=NC(=O)c2ccccc2N/N=N/[P+](c2ccccc2)(c2ccccc2)c2ccccc2)cc1. The Kier molecular flexibility index (Phi) is 8.19. The number of amides is 1. The number of carbonyl (C=O) groups is 1. The van der Waals surface area contributed by atoms with Crippen LogP contribution >= 0.6 is 7.41 Å². The molecule has 0 spiro atoms. The van der Waals surface area contributed by atoms with Crippen LogP contribution in [0.5, 0.6) is 0 Å². The lowest BCUT2D eigenvalue weighted by molar-refractivity contribution is -0.212. The summed E-state index contributed by atoms with van der Waals surface area (Å²) in [6.45, 7) is 1.93. The molecule has 0 saturated heterocycles. The summed E-state index contributed by atoms with van der Waals surface area (Å²) >= 11 is 0. The molecule has 5 rings (SSSR count). The monoisotopic (exact) mass is 542 g/mol. The Bertz CT molecular complexity index is 1540. The number of rotatable bonds is 8. The van der Waals surface area contributed by atoms with Crippen LogP contribution in [0, 0.1) is 6.92 Å². The van der Waals surface area contributed by atoms with Gasteiger partial charge < -0.3 is 5.11 Å². The van der Waals surface area contributed by atoms with Gasteiger partial charge in [-0.3, -0.25) is 10.2 Å². The van der Waals surface area contributed by atoms with Gasteiger partial charge in [-0.25, -0.2) is 4.99 Å². The summed E-state index contributed by atoms with van der Waals surface area (Å²) in [4.78, 5) is 21.9. The molecule has 0 fully saturated rings. The molecule has 0 aliphatic heterocycles. The molecule has 0 atom stereocenters. The molecule has 0 aliphatic rings. The lowest BCUT2D eigenvalue weighted by Crippen LogP contribution is -2.29. The minimum absolute atomic E-state index is 0.227. The lowest BCUT2D eigenvalue weighted by Gasteiger charge is -2.20. The highest BCUT2D eigenvalue weighted by molar-refractivity contribution is 7.94. The zero-order valence-electron chi connectivity index (χ0n) is 21.9. The fraction of sp³-hybridized carbons (Fsp3) is 0.0303. The van der Waals surface area contributed by atoms with Crippen LogP contribution in [-0.2, 0) is 0 Å². The number of anilines is 1.